The van der Waals surface area contributed by atoms with Gasteiger partial charge >= 0.3 is 12.5 Å². The molecular formula is C7H9F2N3O2. The molecule has 0 amide bonds. The Labute approximate surface area is 78.4 Å². The van der Waals surface area contributed by atoms with Gasteiger partial charge in [0.25, 0.3) is 0 Å². The van der Waals surface area contributed by atoms with Gasteiger partial charge in [-0.25, -0.2) is 4.98 Å². The first-order valence-corrected chi connectivity index (χ1v) is 3.83. The molecule has 0 radical (unpaired) electrons. The second-order valence-electron chi connectivity index (χ2n) is 2.53. The van der Waals surface area contributed by atoms with E-state index in [1.807, 2.05) is 0 Å². The standard InChI is InChI=1S/C7H9F2N3O2/c8-7(9)12-2-1-11-5(12)3-10-4-6(13)14/h1-2,7,10H,3-4H2,(H,13,14). The molecule has 1 aromatic heterocycles. The molecule has 0 aliphatic carbocycles. The largest absolute Gasteiger partial charge is 0.480 e. The molecule has 0 bridgehead atoms. The first-order valence-electron chi connectivity index (χ1n) is 3.83. The fourth-order valence-electron chi connectivity index (χ4n) is 0.940. The van der Waals surface area contributed by atoms with E-state index in [-0.39, 0.29) is 18.9 Å². The van der Waals surface area contributed by atoms with Crippen molar-refractivity contribution in [3.8, 4) is 0 Å². The average molecular weight is 205 g/mol. The number of hydrogen-bond donors (Lipinski definition) is 2. The third kappa shape index (κ3) is 2.77. The summed E-state index contributed by atoms with van der Waals surface area (Å²) in [4.78, 5) is 13.8. The van der Waals surface area contributed by atoms with Crippen LogP contribution < -0.4 is 5.32 Å². The normalized spacial score (nSPS) is 10.8. The molecule has 78 valence electrons. The number of nitrogens with one attached hydrogen (secondary N) is 1. The number of carboxylic acids is 1. The monoisotopic (exact) mass is 205 g/mol. The summed E-state index contributed by atoms with van der Waals surface area (Å²) in [7, 11) is 0. The van der Waals surface area contributed by atoms with Crippen molar-refractivity contribution in [2.45, 2.75) is 13.1 Å². The lowest BCUT2D eigenvalue weighted by molar-refractivity contribution is -0.136. The molecule has 0 aliphatic heterocycles. The maximum absolute atomic E-state index is 12.2. The molecule has 0 fully saturated rings. The van der Waals surface area contributed by atoms with Gasteiger partial charge in [0.2, 0.25) is 0 Å². The SMILES string of the molecule is O=C(O)CNCc1nccn1C(F)F. The van der Waals surface area contributed by atoms with Crippen LogP contribution in [-0.2, 0) is 11.3 Å². The number of aliphatic carboxylic acids is 1. The minimum absolute atomic E-state index is 0.00361. The molecule has 7 heteroatoms. The average Bonchev–Trinajstić information content (AvgIpc) is 2.51. The molecule has 1 rings (SSSR count). The Bertz CT molecular complexity index is 314. The van der Waals surface area contributed by atoms with Crippen LogP contribution in [0.25, 0.3) is 0 Å². The lowest BCUT2D eigenvalue weighted by Gasteiger charge is -2.05. The van der Waals surface area contributed by atoms with E-state index in [4.69, 9.17) is 5.11 Å². The van der Waals surface area contributed by atoms with Gasteiger partial charge in [0.1, 0.15) is 5.82 Å². The maximum Gasteiger partial charge on any atom is 0.319 e. The number of hydrogen-bond acceptors (Lipinski definition) is 3. The highest BCUT2D eigenvalue weighted by Crippen LogP contribution is 2.11. The molecule has 0 saturated carbocycles. The van der Waals surface area contributed by atoms with Gasteiger partial charge in [0, 0.05) is 12.4 Å². The highest BCUT2D eigenvalue weighted by molar-refractivity contribution is 5.68. The summed E-state index contributed by atoms with van der Waals surface area (Å²) >= 11 is 0. The first-order chi connectivity index (χ1) is 6.61. The molecule has 0 atom stereocenters. The van der Waals surface area contributed by atoms with Crippen LogP contribution in [-0.4, -0.2) is 27.2 Å². The predicted molar refractivity (Wildman–Crippen MR) is 42.8 cm³/mol. The number of imidazole rings is 1. The number of rotatable bonds is 5. The fourth-order valence-corrected chi connectivity index (χ4v) is 0.940. The van der Waals surface area contributed by atoms with E-state index in [9.17, 15) is 13.6 Å². The van der Waals surface area contributed by atoms with Crippen molar-refractivity contribution in [1.82, 2.24) is 14.9 Å². The quantitative estimate of drug-likeness (QED) is 0.732. The Morgan fingerprint density at radius 3 is 3.00 bits per heavy atom. The molecule has 1 aromatic rings. The molecular weight excluding hydrogens is 196 g/mol. The molecule has 2 N–H and O–H groups in total. The third-order valence-electron chi connectivity index (χ3n) is 1.52. The minimum Gasteiger partial charge on any atom is -0.480 e. The molecule has 0 saturated heterocycles. The zero-order valence-electron chi connectivity index (χ0n) is 7.15. The van der Waals surface area contributed by atoms with Gasteiger partial charge in [-0.2, -0.15) is 8.78 Å². The number of nitrogens with zero attached hydrogens (tertiary/aromatic N) is 2. The highest BCUT2D eigenvalue weighted by Gasteiger charge is 2.10. The van der Waals surface area contributed by atoms with Crippen molar-refractivity contribution < 1.29 is 18.7 Å². The molecule has 0 aliphatic rings. The summed E-state index contributed by atoms with van der Waals surface area (Å²) in [5, 5.41) is 10.7. The van der Waals surface area contributed by atoms with Crippen LogP contribution >= 0.6 is 0 Å². The van der Waals surface area contributed by atoms with Crippen LogP contribution in [0.15, 0.2) is 12.4 Å². The Balaban J connectivity index is 2.50. The lowest BCUT2D eigenvalue weighted by Crippen LogP contribution is -2.23. The van der Waals surface area contributed by atoms with Gasteiger partial charge in [0.05, 0.1) is 13.1 Å². The van der Waals surface area contributed by atoms with Crippen molar-refractivity contribution in [1.29, 1.82) is 0 Å². The summed E-state index contributed by atoms with van der Waals surface area (Å²) in [5.74, 6) is -0.929. The maximum atomic E-state index is 12.2. The van der Waals surface area contributed by atoms with Crippen LogP contribution in [0.1, 0.15) is 12.4 Å². The summed E-state index contributed by atoms with van der Waals surface area (Å²) in [5.41, 5.74) is 0. The predicted octanol–water partition coefficient (Wildman–Crippen LogP) is 0.452. The molecule has 5 nitrogen and oxygen atoms in total. The van der Waals surface area contributed by atoms with Crippen LogP contribution in [0.3, 0.4) is 0 Å². The Morgan fingerprint density at radius 2 is 2.43 bits per heavy atom. The van der Waals surface area contributed by atoms with E-state index in [1.54, 1.807) is 0 Å². The molecule has 0 aromatic carbocycles. The van der Waals surface area contributed by atoms with Gasteiger partial charge in [0.15, 0.2) is 0 Å². The Morgan fingerprint density at radius 1 is 1.71 bits per heavy atom. The molecule has 1 heterocycles. The van der Waals surface area contributed by atoms with Crippen molar-refractivity contribution >= 4 is 5.97 Å². The van der Waals surface area contributed by atoms with Crippen LogP contribution in [0.2, 0.25) is 0 Å². The van der Waals surface area contributed by atoms with Crippen molar-refractivity contribution in [3.63, 3.8) is 0 Å². The van der Waals surface area contributed by atoms with E-state index >= 15 is 0 Å². The van der Waals surface area contributed by atoms with Crippen molar-refractivity contribution in [3.05, 3.63) is 18.2 Å². The second-order valence-corrected chi connectivity index (χ2v) is 2.53. The topological polar surface area (TPSA) is 67.2 Å². The molecule has 0 spiro atoms. The van der Waals surface area contributed by atoms with E-state index in [0.29, 0.717) is 4.57 Å². The van der Waals surface area contributed by atoms with Gasteiger partial charge in [-0.05, 0) is 0 Å². The van der Waals surface area contributed by atoms with E-state index in [0.717, 1.165) is 6.20 Å². The van der Waals surface area contributed by atoms with Gasteiger partial charge in [-0.15, -0.1) is 0 Å². The summed E-state index contributed by atoms with van der Waals surface area (Å²) in [6.45, 7) is -2.93. The molecule has 14 heavy (non-hydrogen) atoms. The third-order valence-corrected chi connectivity index (χ3v) is 1.52. The van der Waals surface area contributed by atoms with Gasteiger partial charge in [-0.1, -0.05) is 0 Å². The van der Waals surface area contributed by atoms with Crippen LogP contribution in [0, 0.1) is 0 Å². The highest BCUT2D eigenvalue weighted by atomic mass is 19.3. The number of alkyl halides is 2. The summed E-state index contributed by atoms with van der Waals surface area (Å²) in [6, 6.07) is 0. The summed E-state index contributed by atoms with van der Waals surface area (Å²) < 4.78 is 25.1. The number of carbonyl (C=O) groups is 1. The Hall–Kier alpha value is -1.50. The Kier molecular flexibility index (Phi) is 3.52. The van der Waals surface area contributed by atoms with Crippen molar-refractivity contribution in [2.24, 2.45) is 0 Å². The van der Waals surface area contributed by atoms with Crippen molar-refractivity contribution in [2.75, 3.05) is 6.54 Å². The number of carboxylic acid groups (broad SMARTS) is 1. The lowest BCUT2D eigenvalue weighted by atomic mass is 10.5. The summed E-state index contributed by atoms with van der Waals surface area (Å²) in [6.07, 6.45) is 2.38. The first kappa shape index (κ1) is 10.6. The number of aromatic nitrogens is 2. The second kappa shape index (κ2) is 4.66. The zero-order valence-corrected chi connectivity index (χ0v) is 7.15. The number of halogens is 2. The van der Waals surface area contributed by atoms with Gasteiger partial charge < -0.3 is 5.11 Å². The van der Waals surface area contributed by atoms with Crippen LogP contribution in [0.4, 0.5) is 8.78 Å². The minimum atomic E-state index is -2.65. The molecule has 0 unspecified atom stereocenters. The van der Waals surface area contributed by atoms with Gasteiger partial charge in [-0.3, -0.25) is 14.7 Å². The zero-order chi connectivity index (χ0) is 10.6. The smallest absolute Gasteiger partial charge is 0.319 e. The van der Waals surface area contributed by atoms with E-state index in [2.05, 4.69) is 10.3 Å². The van der Waals surface area contributed by atoms with Crippen LogP contribution in [0.5, 0.6) is 0 Å². The van der Waals surface area contributed by atoms with E-state index in [1.165, 1.54) is 6.20 Å². The fraction of sp³-hybridized carbons (Fsp3) is 0.429. The van der Waals surface area contributed by atoms with E-state index < -0.39 is 12.5 Å².